The van der Waals surface area contributed by atoms with Crippen molar-refractivity contribution in [2.24, 2.45) is 5.92 Å². The number of methoxy groups -OCH3 is 1. The summed E-state index contributed by atoms with van der Waals surface area (Å²) in [5.41, 5.74) is 0. The molecule has 1 saturated carbocycles. The lowest BCUT2D eigenvalue weighted by Crippen LogP contribution is -2.33. The Labute approximate surface area is 94.9 Å². The molecule has 88 valence electrons. The van der Waals surface area contributed by atoms with Gasteiger partial charge in [-0.3, -0.25) is 0 Å². The van der Waals surface area contributed by atoms with Gasteiger partial charge in [0, 0.05) is 12.6 Å². The number of aliphatic hydroxyl groups is 1. The molecule has 5 nitrogen and oxygen atoms in total. The molecule has 0 bridgehead atoms. The molecule has 0 atom stereocenters. The van der Waals surface area contributed by atoms with Gasteiger partial charge in [0.25, 0.3) is 0 Å². The van der Waals surface area contributed by atoms with Crippen LogP contribution in [-0.4, -0.2) is 34.8 Å². The van der Waals surface area contributed by atoms with Crippen molar-refractivity contribution in [1.82, 2.24) is 9.97 Å². The lowest BCUT2D eigenvalue weighted by molar-refractivity contribution is 0.0486. The molecule has 2 rings (SSSR count). The van der Waals surface area contributed by atoms with Crippen LogP contribution in [0, 0.1) is 12.8 Å². The highest BCUT2D eigenvalue weighted by molar-refractivity contribution is 5.38. The average molecular weight is 223 g/mol. The fourth-order valence-corrected chi connectivity index (χ4v) is 1.85. The van der Waals surface area contributed by atoms with Crippen molar-refractivity contribution in [3.63, 3.8) is 0 Å². The van der Waals surface area contributed by atoms with E-state index in [9.17, 15) is 0 Å². The summed E-state index contributed by atoms with van der Waals surface area (Å²) < 4.78 is 5.07. The third-order valence-corrected chi connectivity index (χ3v) is 2.81. The summed E-state index contributed by atoms with van der Waals surface area (Å²) in [6, 6.07) is 1.78. The number of anilines is 1. The van der Waals surface area contributed by atoms with Crippen LogP contribution in [0.25, 0.3) is 0 Å². The number of nitrogens with one attached hydrogen (secondary N) is 1. The fraction of sp³-hybridized carbons (Fsp3) is 0.636. The van der Waals surface area contributed by atoms with Crippen LogP contribution in [0.15, 0.2) is 6.07 Å². The monoisotopic (exact) mass is 223 g/mol. The molecular formula is C11H17N3O2. The SMILES string of the molecule is COc1cc(NCC2CC(O)C2)nc(C)n1. The van der Waals surface area contributed by atoms with E-state index in [0.29, 0.717) is 17.6 Å². The van der Waals surface area contributed by atoms with Crippen molar-refractivity contribution in [2.75, 3.05) is 19.0 Å². The van der Waals surface area contributed by atoms with E-state index < -0.39 is 0 Å². The lowest BCUT2D eigenvalue weighted by Gasteiger charge is -2.31. The molecule has 0 unspecified atom stereocenters. The smallest absolute Gasteiger partial charge is 0.218 e. The van der Waals surface area contributed by atoms with Gasteiger partial charge in [0.1, 0.15) is 11.6 Å². The minimum absolute atomic E-state index is 0.103. The third-order valence-electron chi connectivity index (χ3n) is 2.81. The molecule has 0 aliphatic heterocycles. The van der Waals surface area contributed by atoms with Crippen LogP contribution in [0.4, 0.5) is 5.82 Å². The molecule has 0 radical (unpaired) electrons. The number of hydrogen-bond donors (Lipinski definition) is 2. The molecular weight excluding hydrogens is 206 g/mol. The highest BCUT2D eigenvalue weighted by atomic mass is 16.5. The average Bonchev–Trinajstić information content (AvgIpc) is 2.22. The molecule has 1 aromatic rings. The Morgan fingerprint density at radius 3 is 2.88 bits per heavy atom. The van der Waals surface area contributed by atoms with Gasteiger partial charge in [0.05, 0.1) is 13.2 Å². The molecule has 0 spiro atoms. The largest absolute Gasteiger partial charge is 0.481 e. The van der Waals surface area contributed by atoms with Crippen molar-refractivity contribution in [1.29, 1.82) is 0 Å². The highest BCUT2D eigenvalue weighted by Crippen LogP contribution is 2.27. The summed E-state index contributed by atoms with van der Waals surface area (Å²) >= 11 is 0. The predicted octanol–water partition coefficient (Wildman–Crippen LogP) is 0.976. The zero-order chi connectivity index (χ0) is 11.5. The first-order valence-corrected chi connectivity index (χ1v) is 5.49. The van der Waals surface area contributed by atoms with Gasteiger partial charge < -0.3 is 15.2 Å². The lowest BCUT2D eigenvalue weighted by atomic mass is 9.82. The van der Waals surface area contributed by atoms with Crippen molar-refractivity contribution in [3.05, 3.63) is 11.9 Å². The molecule has 0 aromatic carbocycles. The maximum atomic E-state index is 9.17. The topological polar surface area (TPSA) is 67.3 Å². The molecule has 16 heavy (non-hydrogen) atoms. The van der Waals surface area contributed by atoms with E-state index in [1.165, 1.54) is 0 Å². The summed E-state index contributed by atoms with van der Waals surface area (Å²) in [5.74, 6) is 2.60. The zero-order valence-electron chi connectivity index (χ0n) is 9.60. The number of rotatable bonds is 4. The van der Waals surface area contributed by atoms with Gasteiger partial charge >= 0.3 is 0 Å². The number of aryl methyl sites for hydroxylation is 1. The van der Waals surface area contributed by atoms with Gasteiger partial charge in [-0.05, 0) is 25.7 Å². The Balaban J connectivity index is 1.90. The molecule has 0 saturated heterocycles. The van der Waals surface area contributed by atoms with Gasteiger partial charge in [0.2, 0.25) is 5.88 Å². The number of hydrogen-bond acceptors (Lipinski definition) is 5. The predicted molar refractivity (Wildman–Crippen MR) is 60.5 cm³/mol. The quantitative estimate of drug-likeness (QED) is 0.796. The maximum absolute atomic E-state index is 9.17. The van der Waals surface area contributed by atoms with E-state index in [2.05, 4.69) is 15.3 Å². The first-order valence-electron chi connectivity index (χ1n) is 5.49. The van der Waals surface area contributed by atoms with E-state index >= 15 is 0 Å². The molecule has 1 fully saturated rings. The summed E-state index contributed by atoms with van der Waals surface area (Å²) in [5, 5.41) is 12.4. The number of ether oxygens (including phenoxy) is 1. The second-order valence-corrected chi connectivity index (χ2v) is 4.21. The molecule has 1 aromatic heterocycles. The van der Waals surface area contributed by atoms with Gasteiger partial charge in [-0.25, -0.2) is 4.98 Å². The van der Waals surface area contributed by atoms with Crippen LogP contribution in [-0.2, 0) is 0 Å². The molecule has 1 heterocycles. The summed E-state index contributed by atoms with van der Waals surface area (Å²) in [6.07, 6.45) is 1.66. The fourth-order valence-electron chi connectivity index (χ4n) is 1.85. The second-order valence-electron chi connectivity index (χ2n) is 4.21. The second kappa shape index (κ2) is 4.65. The highest BCUT2D eigenvalue weighted by Gasteiger charge is 2.26. The first kappa shape index (κ1) is 11.1. The van der Waals surface area contributed by atoms with Crippen LogP contribution < -0.4 is 10.1 Å². The number of aromatic nitrogens is 2. The molecule has 5 heteroatoms. The minimum Gasteiger partial charge on any atom is -0.481 e. The normalized spacial score (nSPS) is 23.7. The van der Waals surface area contributed by atoms with Gasteiger partial charge in [0.15, 0.2) is 0 Å². The summed E-state index contributed by atoms with van der Waals surface area (Å²) in [4.78, 5) is 8.38. The Morgan fingerprint density at radius 2 is 2.25 bits per heavy atom. The van der Waals surface area contributed by atoms with Crippen molar-refractivity contribution >= 4 is 5.82 Å². The van der Waals surface area contributed by atoms with Crippen LogP contribution in [0.1, 0.15) is 18.7 Å². The van der Waals surface area contributed by atoms with Crippen LogP contribution in [0.3, 0.4) is 0 Å². The van der Waals surface area contributed by atoms with Crippen LogP contribution in [0.2, 0.25) is 0 Å². The Morgan fingerprint density at radius 1 is 1.50 bits per heavy atom. The Hall–Kier alpha value is -1.36. The molecule has 1 aliphatic rings. The number of aliphatic hydroxyl groups excluding tert-OH is 1. The van der Waals surface area contributed by atoms with E-state index in [-0.39, 0.29) is 6.10 Å². The molecule has 1 aliphatic carbocycles. The van der Waals surface area contributed by atoms with Crippen LogP contribution >= 0.6 is 0 Å². The Kier molecular flexibility index (Phi) is 3.24. The molecule has 0 amide bonds. The van der Waals surface area contributed by atoms with Crippen molar-refractivity contribution in [2.45, 2.75) is 25.9 Å². The van der Waals surface area contributed by atoms with E-state index in [1.54, 1.807) is 13.2 Å². The zero-order valence-corrected chi connectivity index (χ0v) is 9.60. The summed E-state index contributed by atoms with van der Waals surface area (Å²) in [6.45, 7) is 2.68. The van der Waals surface area contributed by atoms with Crippen molar-refractivity contribution in [3.8, 4) is 5.88 Å². The van der Waals surface area contributed by atoms with E-state index in [1.807, 2.05) is 6.92 Å². The third kappa shape index (κ3) is 2.61. The summed E-state index contributed by atoms with van der Waals surface area (Å²) in [7, 11) is 1.59. The van der Waals surface area contributed by atoms with E-state index in [4.69, 9.17) is 9.84 Å². The minimum atomic E-state index is -0.103. The standard InChI is InChI=1S/C11H17N3O2/c1-7-13-10(5-11(14-7)16-2)12-6-8-3-9(15)4-8/h5,8-9,15H,3-4,6H2,1-2H3,(H,12,13,14). The van der Waals surface area contributed by atoms with Gasteiger partial charge in [-0.1, -0.05) is 0 Å². The maximum Gasteiger partial charge on any atom is 0.218 e. The first-order chi connectivity index (χ1) is 7.67. The van der Waals surface area contributed by atoms with Gasteiger partial charge in [-0.15, -0.1) is 0 Å². The van der Waals surface area contributed by atoms with Gasteiger partial charge in [-0.2, -0.15) is 4.98 Å². The van der Waals surface area contributed by atoms with Crippen LogP contribution in [0.5, 0.6) is 5.88 Å². The van der Waals surface area contributed by atoms with Crippen molar-refractivity contribution < 1.29 is 9.84 Å². The Bertz CT molecular complexity index is 364. The molecule has 2 N–H and O–H groups in total. The van der Waals surface area contributed by atoms with E-state index in [0.717, 1.165) is 25.2 Å². The number of nitrogens with zero attached hydrogens (tertiary/aromatic N) is 2.